The van der Waals surface area contributed by atoms with E-state index in [0.29, 0.717) is 19.4 Å². The molecule has 3 N–H and O–H groups in total. The van der Waals surface area contributed by atoms with Gasteiger partial charge in [0, 0.05) is 12.8 Å². The average molecular weight is 858 g/mol. The molecule has 0 radical (unpaired) electrons. The van der Waals surface area contributed by atoms with Gasteiger partial charge in [-0.2, -0.15) is 0 Å². The Morgan fingerprint density at radius 3 is 1.26 bits per heavy atom. The zero-order valence-corrected chi connectivity index (χ0v) is 40.6. The first kappa shape index (κ1) is 59.1. The van der Waals surface area contributed by atoms with Crippen molar-refractivity contribution in [3.63, 3.8) is 0 Å². The van der Waals surface area contributed by atoms with Gasteiger partial charge in [-0.15, -0.1) is 0 Å². The van der Waals surface area contributed by atoms with Crippen molar-refractivity contribution in [2.24, 2.45) is 0 Å². The van der Waals surface area contributed by atoms with Gasteiger partial charge in [0.1, 0.15) is 0 Å². The first-order valence-corrected chi connectivity index (χ1v) is 26.8. The fourth-order valence-electron chi connectivity index (χ4n) is 8.02. The number of amides is 1. The monoisotopic (exact) mass is 858 g/mol. The summed E-state index contributed by atoms with van der Waals surface area (Å²) in [6.07, 6.45) is 61.5. The lowest BCUT2D eigenvalue weighted by Crippen LogP contribution is -2.45. The molecule has 2 unspecified atom stereocenters. The summed E-state index contributed by atoms with van der Waals surface area (Å²) in [5, 5.41) is 22.9. The van der Waals surface area contributed by atoms with Crippen molar-refractivity contribution in [2.45, 2.75) is 289 Å². The van der Waals surface area contributed by atoms with Crippen molar-refractivity contribution in [3.8, 4) is 0 Å². The summed E-state index contributed by atoms with van der Waals surface area (Å²) in [5.41, 5.74) is 0. The predicted molar refractivity (Wildman–Crippen MR) is 264 cm³/mol. The number of nitrogens with one attached hydrogen (secondary N) is 1. The van der Waals surface area contributed by atoms with E-state index in [-0.39, 0.29) is 18.5 Å². The highest BCUT2D eigenvalue weighted by molar-refractivity contribution is 5.76. The second-order valence-electron chi connectivity index (χ2n) is 18.2. The van der Waals surface area contributed by atoms with Gasteiger partial charge in [-0.05, 0) is 64.2 Å². The lowest BCUT2D eigenvalue weighted by Gasteiger charge is -2.20. The number of hydrogen-bond acceptors (Lipinski definition) is 5. The van der Waals surface area contributed by atoms with Gasteiger partial charge in [0.05, 0.1) is 25.4 Å². The van der Waals surface area contributed by atoms with Gasteiger partial charge in [-0.1, -0.05) is 237 Å². The second kappa shape index (κ2) is 50.7. The Hall–Kier alpha value is -1.92. The molecule has 0 saturated carbocycles. The van der Waals surface area contributed by atoms with E-state index in [2.05, 4.69) is 43.5 Å². The predicted octanol–water partition coefficient (Wildman–Crippen LogP) is 16.1. The number of ether oxygens (including phenoxy) is 1. The highest BCUT2D eigenvalue weighted by Crippen LogP contribution is 2.16. The van der Waals surface area contributed by atoms with Crippen molar-refractivity contribution in [3.05, 3.63) is 36.5 Å². The molecule has 0 rings (SSSR count). The third-order valence-corrected chi connectivity index (χ3v) is 12.2. The van der Waals surface area contributed by atoms with Crippen LogP contribution in [0.1, 0.15) is 277 Å². The summed E-state index contributed by atoms with van der Waals surface area (Å²) in [6, 6.07) is -0.629. The Bertz CT molecular complexity index is 993. The van der Waals surface area contributed by atoms with Crippen LogP contribution < -0.4 is 5.32 Å². The Kier molecular flexibility index (Phi) is 49.1. The van der Waals surface area contributed by atoms with Crippen molar-refractivity contribution >= 4 is 11.9 Å². The van der Waals surface area contributed by atoms with Crippen molar-refractivity contribution in [1.82, 2.24) is 5.32 Å². The SMILES string of the molecule is CCCCCC/C=C\C/C=C\CCCCCCCC(=O)OCCCCCCCCCCCCCCCCCCCCC(=O)NC(CO)C(O)/C=C/CCCCCCCCCC. The molecule has 6 heteroatoms. The van der Waals surface area contributed by atoms with Gasteiger partial charge in [0.15, 0.2) is 0 Å². The van der Waals surface area contributed by atoms with Crippen molar-refractivity contribution in [2.75, 3.05) is 13.2 Å². The third-order valence-electron chi connectivity index (χ3n) is 12.2. The molecule has 0 aromatic heterocycles. The maximum absolute atomic E-state index is 12.4. The summed E-state index contributed by atoms with van der Waals surface area (Å²) < 4.78 is 5.47. The number of carbonyl (C=O) groups excluding carboxylic acids is 2. The molecule has 6 nitrogen and oxygen atoms in total. The van der Waals surface area contributed by atoms with Gasteiger partial charge in [-0.25, -0.2) is 0 Å². The van der Waals surface area contributed by atoms with Crippen LogP contribution in [0.4, 0.5) is 0 Å². The lowest BCUT2D eigenvalue weighted by atomic mass is 10.0. The molecule has 0 spiro atoms. The molecule has 0 aromatic carbocycles. The van der Waals surface area contributed by atoms with Gasteiger partial charge in [0.2, 0.25) is 5.91 Å². The number of aliphatic hydroxyl groups is 2. The zero-order valence-electron chi connectivity index (χ0n) is 40.6. The lowest BCUT2D eigenvalue weighted by molar-refractivity contribution is -0.143. The number of rotatable bonds is 49. The number of hydrogen-bond donors (Lipinski definition) is 3. The molecule has 0 aliphatic heterocycles. The molecule has 0 fully saturated rings. The van der Waals surface area contributed by atoms with E-state index in [4.69, 9.17) is 4.74 Å². The van der Waals surface area contributed by atoms with Crippen LogP contribution in [0.25, 0.3) is 0 Å². The van der Waals surface area contributed by atoms with E-state index in [1.807, 2.05) is 6.08 Å². The molecular weight excluding hydrogens is 755 g/mol. The summed E-state index contributed by atoms with van der Waals surface area (Å²) in [5.74, 6) is -0.0825. The van der Waals surface area contributed by atoms with Crippen molar-refractivity contribution in [1.29, 1.82) is 0 Å². The van der Waals surface area contributed by atoms with Crippen LogP contribution in [0.5, 0.6) is 0 Å². The van der Waals surface area contributed by atoms with E-state index < -0.39 is 12.1 Å². The summed E-state index contributed by atoms with van der Waals surface area (Å²) >= 11 is 0. The van der Waals surface area contributed by atoms with Gasteiger partial charge >= 0.3 is 5.97 Å². The molecule has 1 amide bonds. The normalized spacial score (nSPS) is 12.9. The minimum Gasteiger partial charge on any atom is -0.466 e. The van der Waals surface area contributed by atoms with Gasteiger partial charge in [-0.3, -0.25) is 9.59 Å². The number of allylic oxidation sites excluding steroid dienone is 5. The Labute approximate surface area is 379 Å². The zero-order chi connectivity index (χ0) is 44.4. The quantitative estimate of drug-likeness (QED) is 0.0322. The van der Waals surface area contributed by atoms with Gasteiger partial charge in [0.25, 0.3) is 0 Å². The largest absolute Gasteiger partial charge is 0.466 e. The molecule has 0 heterocycles. The number of unbranched alkanes of at least 4 members (excludes halogenated alkanes) is 34. The fourth-order valence-corrected chi connectivity index (χ4v) is 8.02. The van der Waals surface area contributed by atoms with Crippen LogP contribution in [0.3, 0.4) is 0 Å². The summed E-state index contributed by atoms with van der Waals surface area (Å²) in [7, 11) is 0. The van der Waals surface area contributed by atoms with E-state index >= 15 is 0 Å². The smallest absolute Gasteiger partial charge is 0.305 e. The van der Waals surface area contributed by atoms with E-state index in [1.54, 1.807) is 6.08 Å². The summed E-state index contributed by atoms with van der Waals surface area (Å²) in [6.45, 7) is 4.85. The van der Waals surface area contributed by atoms with E-state index in [0.717, 1.165) is 51.4 Å². The van der Waals surface area contributed by atoms with Crippen LogP contribution in [0, 0.1) is 0 Å². The molecule has 0 bridgehead atoms. The Morgan fingerprint density at radius 2 is 0.820 bits per heavy atom. The first-order valence-electron chi connectivity index (χ1n) is 26.8. The number of esters is 1. The van der Waals surface area contributed by atoms with Crippen LogP contribution >= 0.6 is 0 Å². The molecule has 0 aliphatic carbocycles. The minimum atomic E-state index is -0.845. The molecule has 0 saturated heterocycles. The minimum absolute atomic E-state index is 0.00766. The Morgan fingerprint density at radius 1 is 0.459 bits per heavy atom. The van der Waals surface area contributed by atoms with Crippen LogP contribution in [-0.2, 0) is 14.3 Å². The highest BCUT2D eigenvalue weighted by Gasteiger charge is 2.18. The standard InChI is InChI=1S/C55H103NO5/c1-3-5-7-9-11-13-15-16-17-23-26-29-33-37-41-45-49-55(60)61-50-46-42-38-34-30-27-24-21-19-18-20-22-25-28-32-36-40-44-48-54(59)56-52(51-57)53(58)47-43-39-35-31-14-12-10-8-6-4-2/h13,15,17,23,43,47,52-53,57-58H,3-12,14,16,18-22,24-42,44-46,48-51H2,1-2H3,(H,56,59)/b15-13-,23-17-,47-43+. The number of aliphatic hydroxyl groups excluding tert-OH is 2. The molecule has 2 atom stereocenters. The maximum Gasteiger partial charge on any atom is 0.305 e. The molecule has 0 aliphatic rings. The maximum atomic E-state index is 12.4. The Balaban J connectivity index is 3.42. The van der Waals surface area contributed by atoms with E-state index in [1.165, 1.54) is 199 Å². The average Bonchev–Trinajstić information content (AvgIpc) is 3.26. The molecular formula is C55H103NO5. The van der Waals surface area contributed by atoms with E-state index in [9.17, 15) is 19.8 Å². The van der Waals surface area contributed by atoms with Crippen molar-refractivity contribution < 1.29 is 24.5 Å². The van der Waals surface area contributed by atoms with Crippen LogP contribution in [-0.4, -0.2) is 47.4 Å². The van der Waals surface area contributed by atoms with Crippen LogP contribution in [0.2, 0.25) is 0 Å². The third kappa shape index (κ3) is 47.4. The first-order chi connectivity index (χ1) is 30.0. The second-order valence-corrected chi connectivity index (χ2v) is 18.2. The highest BCUT2D eigenvalue weighted by atomic mass is 16.5. The topological polar surface area (TPSA) is 95.9 Å². The molecule has 61 heavy (non-hydrogen) atoms. The number of carbonyl (C=O) groups is 2. The molecule has 0 aromatic rings. The van der Waals surface area contributed by atoms with Gasteiger partial charge < -0.3 is 20.3 Å². The summed E-state index contributed by atoms with van der Waals surface area (Å²) in [4.78, 5) is 24.4. The fraction of sp³-hybridized carbons (Fsp3) is 0.855. The molecule has 358 valence electrons. The van der Waals surface area contributed by atoms with Crippen LogP contribution in [0.15, 0.2) is 36.5 Å².